The van der Waals surface area contributed by atoms with E-state index in [1.807, 2.05) is 0 Å². The first-order valence-corrected chi connectivity index (χ1v) is 6.36. The highest BCUT2D eigenvalue weighted by Crippen LogP contribution is 2.34. The zero-order valence-electron chi connectivity index (χ0n) is 9.16. The van der Waals surface area contributed by atoms with Crippen LogP contribution in [0.3, 0.4) is 0 Å². The maximum atomic E-state index is 11.5. The maximum Gasteiger partial charge on any atom is 0.269 e. The minimum atomic E-state index is -0.305. The van der Waals surface area contributed by atoms with E-state index >= 15 is 0 Å². The molecule has 0 bridgehead atoms. The molecule has 0 aliphatic heterocycles. The fourth-order valence-electron chi connectivity index (χ4n) is 2.34. The quantitative estimate of drug-likeness (QED) is 0.834. The molecule has 4 nitrogen and oxygen atoms in total. The lowest BCUT2D eigenvalue weighted by Crippen LogP contribution is -2.19. The zero-order chi connectivity index (χ0) is 11.7. The molecule has 1 fully saturated rings. The van der Waals surface area contributed by atoms with Crippen LogP contribution in [0.25, 0.3) is 0 Å². The number of nitrogens with one attached hydrogen (secondary N) is 1. The number of nitrogens with zero attached hydrogens (tertiary/aromatic N) is 1. The first-order valence-electron chi connectivity index (χ1n) is 5.56. The molecule has 1 aromatic heterocycles. The van der Waals surface area contributed by atoms with E-state index in [1.54, 1.807) is 0 Å². The van der Waals surface area contributed by atoms with Crippen LogP contribution in [0.2, 0.25) is 0 Å². The lowest BCUT2D eigenvalue weighted by Gasteiger charge is -2.25. The van der Waals surface area contributed by atoms with Gasteiger partial charge in [0, 0.05) is 5.92 Å². The summed E-state index contributed by atoms with van der Waals surface area (Å²) in [4.78, 5) is 18.3. The Kier molecular flexibility index (Phi) is 3.33. The molecule has 0 aromatic carbocycles. The summed E-state index contributed by atoms with van der Waals surface area (Å²) in [6.07, 6.45) is 4.47. The standard InChI is InChI=1S/C11H15BrN2O2/c1-6-3-2-4-7(5-6)9-13-10(15)8(12)11(16)14-9/h6-7H,2-5H2,1H3,(H2,13,14,15,16). The van der Waals surface area contributed by atoms with Crippen LogP contribution >= 0.6 is 15.9 Å². The Morgan fingerprint density at radius 3 is 2.88 bits per heavy atom. The van der Waals surface area contributed by atoms with E-state index in [9.17, 15) is 9.90 Å². The lowest BCUT2D eigenvalue weighted by atomic mass is 9.82. The van der Waals surface area contributed by atoms with Crippen LogP contribution in [0.15, 0.2) is 9.27 Å². The van der Waals surface area contributed by atoms with Crippen molar-refractivity contribution in [3.8, 4) is 5.88 Å². The summed E-state index contributed by atoms with van der Waals surface area (Å²) in [6.45, 7) is 2.21. The van der Waals surface area contributed by atoms with E-state index in [0.717, 1.165) is 19.3 Å². The first kappa shape index (κ1) is 11.6. The highest BCUT2D eigenvalue weighted by atomic mass is 79.9. The maximum absolute atomic E-state index is 11.5. The summed E-state index contributed by atoms with van der Waals surface area (Å²) in [7, 11) is 0. The second-order valence-corrected chi connectivity index (χ2v) is 5.35. The van der Waals surface area contributed by atoms with Gasteiger partial charge in [0.25, 0.3) is 5.56 Å². The predicted molar refractivity (Wildman–Crippen MR) is 64.6 cm³/mol. The van der Waals surface area contributed by atoms with Crippen molar-refractivity contribution >= 4 is 15.9 Å². The fourth-order valence-corrected chi connectivity index (χ4v) is 2.53. The van der Waals surface area contributed by atoms with Crippen LogP contribution < -0.4 is 5.56 Å². The topological polar surface area (TPSA) is 66.0 Å². The molecule has 0 saturated heterocycles. The third kappa shape index (κ3) is 2.29. The number of rotatable bonds is 1. The Morgan fingerprint density at radius 2 is 2.25 bits per heavy atom. The van der Waals surface area contributed by atoms with Crippen LogP contribution in [-0.2, 0) is 0 Å². The molecule has 1 aliphatic rings. The first-order chi connectivity index (χ1) is 7.58. The van der Waals surface area contributed by atoms with Gasteiger partial charge in [0.15, 0.2) is 0 Å². The van der Waals surface area contributed by atoms with Gasteiger partial charge in [-0.2, -0.15) is 4.98 Å². The number of aromatic amines is 1. The van der Waals surface area contributed by atoms with Gasteiger partial charge >= 0.3 is 0 Å². The summed E-state index contributed by atoms with van der Waals surface area (Å²) < 4.78 is 0.111. The molecule has 2 unspecified atom stereocenters. The van der Waals surface area contributed by atoms with Crippen LogP contribution in [-0.4, -0.2) is 15.1 Å². The molecular formula is C11H15BrN2O2. The Balaban J connectivity index is 2.30. The minimum absolute atomic E-state index is 0.111. The normalized spacial score (nSPS) is 25.6. The zero-order valence-corrected chi connectivity index (χ0v) is 10.7. The summed E-state index contributed by atoms with van der Waals surface area (Å²) in [5.41, 5.74) is -0.305. The summed E-state index contributed by atoms with van der Waals surface area (Å²) in [6, 6.07) is 0. The molecule has 2 atom stereocenters. The highest BCUT2D eigenvalue weighted by molar-refractivity contribution is 9.10. The molecule has 1 aromatic rings. The van der Waals surface area contributed by atoms with Gasteiger partial charge < -0.3 is 10.1 Å². The summed E-state index contributed by atoms with van der Waals surface area (Å²) in [5.74, 6) is 1.35. The van der Waals surface area contributed by atoms with Gasteiger partial charge in [0.1, 0.15) is 10.3 Å². The monoisotopic (exact) mass is 286 g/mol. The Hall–Kier alpha value is -0.840. The second-order valence-electron chi connectivity index (χ2n) is 4.56. The molecule has 2 N–H and O–H groups in total. The van der Waals surface area contributed by atoms with Gasteiger partial charge in [-0.05, 0) is 34.7 Å². The number of hydrogen-bond acceptors (Lipinski definition) is 3. The minimum Gasteiger partial charge on any atom is -0.492 e. The number of aromatic nitrogens is 2. The van der Waals surface area contributed by atoms with E-state index in [1.165, 1.54) is 6.42 Å². The largest absolute Gasteiger partial charge is 0.492 e. The van der Waals surface area contributed by atoms with Crippen molar-refractivity contribution in [3.05, 3.63) is 20.7 Å². The lowest BCUT2D eigenvalue weighted by molar-refractivity contribution is 0.331. The van der Waals surface area contributed by atoms with Crippen molar-refractivity contribution in [1.29, 1.82) is 0 Å². The number of aromatic hydroxyl groups is 1. The average molecular weight is 287 g/mol. The van der Waals surface area contributed by atoms with Gasteiger partial charge in [-0.3, -0.25) is 4.79 Å². The van der Waals surface area contributed by atoms with Crippen molar-refractivity contribution in [2.45, 2.75) is 38.5 Å². The molecular weight excluding hydrogens is 272 g/mol. The summed E-state index contributed by atoms with van der Waals surface area (Å²) >= 11 is 2.99. The van der Waals surface area contributed by atoms with Crippen molar-refractivity contribution in [1.82, 2.24) is 9.97 Å². The highest BCUT2D eigenvalue weighted by Gasteiger charge is 2.23. The second kappa shape index (κ2) is 4.57. The van der Waals surface area contributed by atoms with Crippen LogP contribution in [0.4, 0.5) is 0 Å². The van der Waals surface area contributed by atoms with Crippen LogP contribution in [0.5, 0.6) is 5.88 Å². The molecule has 0 amide bonds. The van der Waals surface area contributed by atoms with Gasteiger partial charge in [-0.15, -0.1) is 0 Å². The Labute approximate surface area is 102 Å². The molecule has 5 heteroatoms. The predicted octanol–water partition coefficient (Wildman–Crippen LogP) is 2.53. The number of halogens is 1. The van der Waals surface area contributed by atoms with Crippen molar-refractivity contribution in [2.75, 3.05) is 0 Å². The molecule has 16 heavy (non-hydrogen) atoms. The van der Waals surface area contributed by atoms with Gasteiger partial charge in [0.05, 0.1) is 0 Å². The van der Waals surface area contributed by atoms with Crippen molar-refractivity contribution in [2.24, 2.45) is 5.92 Å². The van der Waals surface area contributed by atoms with E-state index in [2.05, 4.69) is 32.8 Å². The van der Waals surface area contributed by atoms with Crippen LogP contribution in [0.1, 0.15) is 44.3 Å². The molecule has 0 spiro atoms. The van der Waals surface area contributed by atoms with Gasteiger partial charge in [-0.1, -0.05) is 19.8 Å². The van der Waals surface area contributed by atoms with E-state index in [0.29, 0.717) is 11.7 Å². The SMILES string of the molecule is CC1CCCC(c2nc(O)c(Br)c(=O)[nH]2)C1. The molecule has 1 saturated carbocycles. The number of hydrogen-bond donors (Lipinski definition) is 2. The van der Waals surface area contributed by atoms with Gasteiger partial charge in [-0.25, -0.2) is 0 Å². The van der Waals surface area contributed by atoms with E-state index in [-0.39, 0.29) is 21.8 Å². The van der Waals surface area contributed by atoms with E-state index in [4.69, 9.17) is 0 Å². The molecule has 2 rings (SSSR count). The smallest absolute Gasteiger partial charge is 0.269 e. The third-order valence-corrected chi connectivity index (χ3v) is 3.90. The van der Waals surface area contributed by atoms with Crippen LogP contribution in [0, 0.1) is 5.92 Å². The molecule has 0 radical (unpaired) electrons. The van der Waals surface area contributed by atoms with Gasteiger partial charge in [0.2, 0.25) is 5.88 Å². The average Bonchev–Trinajstić information content (AvgIpc) is 2.25. The van der Waals surface area contributed by atoms with E-state index < -0.39 is 0 Å². The number of H-pyrrole nitrogens is 1. The Bertz CT molecular complexity index is 444. The molecule has 1 heterocycles. The van der Waals surface area contributed by atoms with Crippen molar-refractivity contribution in [3.63, 3.8) is 0 Å². The summed E-state index contributed by atoms with van der Waals surface area (Å²) in [5, 5.41) is 9.50. The molecule has 1 aliphatic carbocycles. The van der Waals surface area contributed by atoms with Crippen molar-refractivity contribution < 1.29 is 5.11 Å². The molecule has 88 valence electrons. The fraction of sp³-hybridized carbons (Fsp3) is 0.636. The third-order valence-electron chi connectivity index (χ3n) is 3.19. The Morgan fingerprint density at radius 1 is 1.50 bits per heavy atom.